The molecule has 1 heterocycles. The van der Waals surface area contributed by atoms with Gasteiger partial charge < -0.3 is 10.1 Å². The SMILES string of the molecule is COc1ccccc1-c1nnc(SCC(=O)Nc2ccccc2Cl)n1Cc1ccccc1. The molecule has 1 amide bonds. The summed E-state index contributed by atoms with van der Waals surface area (Å²) in [5, 5.41) is 12.8. The lowest BCUT2D eigenvalue weighted by Gasteiger charge is -2.12. The molecular weight excluding hydrogens is 444 g/mol. The number of thioether (sulfide) groups is 1. The highest BCUT2D eigenvalue weighted by Gasteiger charge is 2.19. The first-order valence-corrected chi connectivity index (χ1v) is 11.3. The van der Waals surface area contributed by atoms with Gasteiger partial charge in [-0.2, -0.15) is 0 Å². The highest BCUT2D eigenvalue weighted by molar-refractivity contribution is 7.99. The number of nitrogens with one attached hydrogen (secondary N) is 1. The summed E-state index contributed by atoms with van der Waals surface area (Å²) in [6, 6.07) is 24.9. The zero-order valence-electron chi connectivity index (χ0n) is 17.4. The van der Waals surface area contributed by atoms with Crippen molar-refractivity contribution >= 4 is 35.0 Å². The van der Waals surface area contributed by atoms with E-state index < -0.39 is 0 Å². The Morgan fingerprint density at radius 3 is 2.50 bits per heavy atom. The van der Waals surface area contributed by atoms with Crippen LogP contribution in [0.4, 0.5) is 5.69 Å². The molecule has 0 fully saturated rings. The Labute approximate surface area is 195 Å². The first-order valence-electron chi connectivity index (χ1n) is 9.93. The number of hydrogen-bond donors (Lipinski definition) is 1. The number of rotatable bonds is 8. The van der Waals surface area contributed by atoms with Gasteiger partial charge >= 0.3 is 0 Å². The van der Waals surface area contributed by atoms with Crippen molar-refractivity contribution in [2.45, 2.75) is 11.7 Å². The van der Waals surface area contributed by atoms with E-state index in [2.05, 4.69) is 15.5 Å². The minimum Gasteiger partial charge on any atom is -0.496 e. The van der Waals surface area contributed by atoms with Crippen molar-refractivity contribution in [2.24, 2.45) is 0 Å². The molecule has 0 saturated heterocycles. The van der Waals surface area contributed by atoms with E-state index in [9.17, 15) is 4.79 Å². The molecule has 4 aromatic rings. The van der Waals surface area contributed by atoms with E-state index in [-0.39, 0.29) is 11.7 Å². The number of nitrogens with zero attached hydrogens (tertiary/aromatic N) is 3. The van der Waals surface area contributed by atoms with Crippen LogP contribution in [0.3, 0.4) is 0 Å². The Kier molecular flexibility index (Phi) is 7.09. The molecule has 162 valence electrons. The summed E-state index contributed by atoms with van der Waals surface area (Å²) < 4.78 is 7.53. The number of ether oxygens (including phenoxy) is 1. The van der Waals surface area contributed by atoms with Gasteiger partial charge in [0.05, 0.1) is 35.7 Å². The van der Waals surface area contributed by atoms with E-state index in [4.69, 9.17) is 16.3 Å². The van der Waals surface area contributed by atoms with Crippen LogP contribution in [0.15, 0.2) is 84.0 Å². The lowest BCUT2D eigenvalue weighted by atomic mass is 10.1. The normalized spacial score (nSPS) is 10.7. The zero-order valence-corrected chi connectivity index (χ0v) is 18.9. The Morgan fingerprint density at radius 2 is 1.72 bits per heavy atom. The quantitative estimate of drug-likeness (QED) is 0.354. The van der Waals surface area contributed by atoms with E-state index in [1.165, 1.54) is 11.8 Å². The van der Waals surface area contributed by atoms with Crippen LogP contribution < -0.4 is 10.1 Å². The molecule has 0 saturated carbocycles. The van der Waals surface area contributed by atoms with Gasteiger partial charge in [0.1, 0.15) is 5.75 Å². The molecule has 3 aromatic carbocycles. The number of methoxy groups -OCH3 is 1. The van der Waals surface area contributed by atoms with Crippen LogP contribution in [-0.4, -0.2) is 33.5 Å². The zero-order chi connectivity index (χ0) is 22.3. The van der Waals surface area contributed by atoms with Crippen LogP contribution in [-0.2, 0) is 11.3 Å². The van der Waals surface area contributed by atoms with Crippen LogP contribution in [0.25, 0.3) is 11.4 Å². The molecule has 0 radical (unpaired) electrons. The molecular formula is C24H21ClN4O2S. The van der Waals surface area contributed by atoms with Gasteiger partial charge in [-0.3, -0.25) is 9.36 Å². The van der Waals surface area contributed by atoms with Crippen molar-refractivity contribution in [2.75, 3.05) is 18.2 Å². The van der Waals surface area contributed by atoms with Gasteiger partial charge in [0.2, 0.25) is 5.91 Å². The molecule has 0 atom stereocenters. The topological polar surface area (TPSA) is 69.0 Å². The van der Waals surface area contributed by atoms with Crippen LogP contribution in [0.1, 0.15) is 5.56 Å². The maximum Gasteiger partial charge on any atom is 0.234 e. The van der Waals surface area contributed by atoms with Crippen molar-refractivity contribution in [3.63, 3.8) is 0 Å². The second-order valence-corrected chi connectivity index (χ2v) is 8.24. The summed E-state index contributed by atoms with van der Waals surface area (Å²) >= 11 is 7.46. The number of anilines is 1. The highest BCUT2D eigenvalue weighted by Crippen LogP contribution is 2.31. The Morgan fingerprint density at radius 1 is 1.00 bits per heavy atom. The largest absolute Gasteiger partial charge is 0.496 e. The number of amides is 1. The molecule has 4 rings (SSSR count). The third-order valence-corrected chi connectivity index (χ3v) is 6.02. The minimum atomic E-state index is -0.170. The molecule has 0 bridgehead atoms. The number of carbonyl (C=O) groups excluding carboxylic acids is 1. The summed E-state index contributed by atoms with van der Waals surface area (Å²) in [6.45, 7) is 0.565. The highest BCUT2D eigenvalue weighted by atomic mass is 35.5. The summed E-state index contributed by atoms with van der Waals surface area (Å²) in [4.78, 5) is 12.5. The van der Waals surface area contributed by atoms with Crippen molar-refractivity contribution in [1.82, 2.24) is 14.8 Å². The fourth-order valence-electron chi connectivity index (χ4n) is 3.21. The number of para-hydroxylation sites is 2. The molecule has 6 nitrogen and oxygen atoms in total. The van der Waals surface area contributed by atoms with Crippen molar-refractivity contribution in [1.29, 1.82) is 0 Å². The maximum absolute atomic E-state index is 12.5. The van der Waals surface area contributed by atoms with Crippen molar-refractivity contribution in [3.05, 3.63) is 89.4 Å². The molecule has 0 unspecified atom stereocenters. The first-order chi connectivity index (χ1) is 15.7. The molecule has 0 spiro atoms. The maximum atomic E-state index is 12.5. The Bertz CT molecular complexity index is 1210. The number of aromatic nitrogens is 3. The van der Waals surface area contributed by atoms with Gasteiger partial charge in [0.15, 0.2) is 11.0 Å². The second kappa shape index (κ2) is 10.3. The molecule has 0 aliphatic carbocycles. The molecule has 32 heavy (non-hydrogen) atoms. The van der Waals surface area contributed by atoms with Crippen LogP contribution >= 0.6 is 23.4 Å². The fraction of sp³-hybridized carbons (Fsp3) is 0.125. The summed E-state index contributed by atoms with van der Waals surface area (Å²) in [5.74, 6) is 1.39. The summed E-state index contributed by atoms with van der Waals surface area (Å²) in [6.07, 6.45) is 0. The van der Waals surface area contributed by atoms with Gasteiger partial charge in [-0.05, 0) is 29.8 Å². The second-order valence-electron chi connectivity index (χ2n) is 6.89. The van der Waals surface area contributed by atoms with E-state index in [1.807, 2.05) is 71.3 Å². The third-order valence-electron chi connectivity index (χ3n) is 4.73. The Hall–Kier alpha value is -3.29. The van der Waals surface area contributed by atoms with Gasteiger partial charge in [0, 0.05) is 0 Å². The number of halogens is 1. The molecule has 0 aliphatic heterocycles. The molecule has 1 N–H and O–H groups in total. The average Bonchev–Trinajstić information content (AvgIpc) is 3.22. The lowest BCUT2D eigenvalue weighted by molar-refractivity contribution is -0.113. The number of hydrogen-bond acceptors (Lipinski definition) is 5. The third kappa shape index (κ3) is 5.12. The van der Waals surface area contributed by atoms with E-state index in [0.29, 0.717) is 34.0 Å². The predicted octanol–water partition coefficient (Wildman–Crippen LogP) is 5.39. The van der Waals surface area contributed by atoms with Crippen LogP contribution in [0, 0.1) is 0 Å². The van der Waals surface area contributed by atoms with Gasteiger partial charge in [-0.25, -0.2) is 0 Å². The Balaban J connectivity index is 1.59. The molecule has 8 heteroatoms. The first kappa shape index (κ1) is 21.9. The lowest BCUT2D eigenvalue weighted by Crippen LogP contribution is -2.15. The molecule has 0 aliphatic rings. The average molecular weight is 465 g/mol. The predicted molar refractivity (Wildman–Crippen MR) is 128 cm³/mol. The van der Waals surface area contributed by atoms with E-state index in [1.54, 1.807) is 19.2 Å². The van der Waals surface area contributed by atoms with Gasteiger partial charge in [-0.1, -0.05) is 78.0 Å². The minimum absolute atomic E-state index is 0.170. The summed E-state index contributed by atoms with van der Waals surface area (Å²) in [5.41, 5.74) is 2.52. The van der Waals surface area contributed by atoms with Crippen molar-refractivity contribution < 1.29 is 9.53 Å². The van der Waals surface area contributed by atoms with Crippen LogP contribution in [0.5, 0.6) is 5.75 Å². The van der Waals surface area contributed by atoms with Gasteiger partial charge in [0.25, 0.3) is 0 Å². The van der Waals surface area contributed by atoms with E-state index >= 15 is 0 Å². The molecule has 1 aromatic heterocycles. The van der Waals surface area contributed by atoms with Crippen molar-refractivity contribution in [3.8, 4) is 17.1 Å². The fourth-order valence-corrected chi connectivity index (χ4v) is 4.13. The van der Waals surface area contributed by atoms with Gasteiger partial charge in [-0.15, -0.1) is 10.2 Å². The number of benzene rings is 3. The summed E-state index contributed by atoms with van der Waals surface area (Å²) in [7, 11) is 1.63. The number of carbonyl (C=O) groups is 1. The smallest absolute Gasteiger partial charge is 0.234 e. The standard InChI is InChI=1S/C24H21ClN4O2S/c1-31-21-14-8-5-11-18(21)23-27-28-24(29(23)15-17-9-3-2-4-10-17)32-16-22(30)26-20-13-7-6-12-19(20)25/h2-14H,15-16H2,1H3,(H,26,30). The van der Waals surface area contributed by atoms with E-state index in [0.717, 1.165) is 11.1 Å². The van der Waals surface area contributed by atoms with Crippen LogP contribution in [0.2, 0.25) is 5.02 Å². The monoisotopic (exact) mass is 464 g/mol.